The third-order valence-electron chi connectivity index (χ3n) is 3.59. The molecule has 2 saturated carbocycles. The summed E-state index contributed by atoms with van der Waals surface area (Å²) < 4.78 is 0. The van der Waals surface area contributed by atoms with Crippen LogP contribution in [0, 0.1) is 28.6 Å². The van der Waals surface area contributed by atoms with Gasteiger partial charge in [-0.3, -0.25) is 4.79 Å². The Kier molecular flexibility index (Phi) is 1.76. The topological polar surface area (TPSA) is 40.9 Å². The molecule has 2 aliphatic rings. The molecule has 0 spiro atoms. The summed E-state index contributed by atoms with van der Waals surface area (Å²) in [5, 5.41) is 9.05. The van der Waals surface area contributed by atoms with Crippen LogP contribution in [0.1, 0.15) is 25.7 Å². The molecule has 2 bridgehead atoms. The maximum Gasteiger partial charge on any atom is 0.153 e. The van der Waals surface area contributed by atoms with Crippen molar-refractivity contribution in [2.45, 2.75) is 25.7 Å². The summed E-state index contributed by atoms with van der Waals surface area (Å²) in [6.07, 6.45) is 4.97. The summed E-state index contributed by atoms with van der Waals surface area (Å²) in [7, 11) is 0. The van der Waals surface area contributed by atoms with E-state index < -0.39 is 5.41 Å². The first-order chi connectivity index (χ1) is 6.22. The Morgan fingerprint density at radius 2 is 2.38 bits per heavy atom. The largest absolute Gasteiger partial charge is 0.298 e. The molecular formula is C11H13NO. The standard InChI is InChI=1S/C11H13NO/c1-2-8-5-11(7-12)6-9(8)3-4-10(11)13/h2,8-9H,1,3-6H2/t8-,9+,11+/m1/s1. The average molecular weight is 175 g/mol. The Morgan fingerprint density at radius 3 is 2.92 bits per heavy atom. The first-order valence-corrected chi connectivity index (χ1v) is 4.79. The van der Waals surface area contributed by atoms with Gasteiger partial charge in [0.15, 0.2) is 5.78 Å². The lowest BCUT2D eigenvalue weighted by atomic mass is 9.76. The van der Waals surface area contributed by atoms with Crippen molar-refractivity contribution < 1.29 is 4.79 Å². The molecule has 0 saturated heterocycles. The predicted molar refractivity (Wildman–Crippen MR) is 48.7 cm³/mol. The summed E-state index contributed by atoms with van der Waals surface area (Å²) in [5.74, 6) is 1.09. The lowest BCUT2D eigenvalue weighted by Crippen LogP contribution is -2.29. The number of carbonyl (C=O) groups excluding carboxylic acids is 1. The van der Waals surface area contributed by atoms with E-state index >= 15 is 0 Å². The van der Waals surface area contributed by atoms with Gasteiger partial charge < -0.3 is 0 Å². The Labute approximate surface area is 78.2 Å². The molecule has 13 heavy (non-hydrogen) atoms. The van der Waals surface area contributed by atoms with Crippen LogP contribution in [0.25, 0.3) is 0 Å². The van der Waals surface area contributed by atoms with Crippen molar-refractivity contribution >= 4 is 5.78 Å². The van der Waals surface area contributed by atoms with Crippen LogP contribution in [-0.2, 0) is 4.79 Å². The number of nitriles is 1. The summed E-state index contributed by atoms with van der Waals surface area (Å²) in [5.41, 5.74) is -0.637. The molecule has 2 heteroatoms. The Hall–Kier alpha value is -1.10. The Morgan fingerprint density at radius 1 is 1.62 bits per heavy atom. The van der Waals surface area contributed by atoms with E-state index in [-0.39, 0.29) is 5.78 Å². The zero-order valence-electron chi connectivity index (χ0n) is 7.62. The fraction of sp³-hybridized carbons (Fsp3) is 0.636. The van der Waals surface area contributed by atoms with Crippen LogP contribution in [0.2, 0.25) is 0 Å². The van der Waals surface area contributed by atoms with Crippen molar-refractivity contribution in [3.63, 3.8) is 0 Å². The minimum Gasteiger partial charge on any atom is -0.298 e. The van der Waals surface area contributed by atoms with E-state index in [1.165, 1.54) is 0 Å². The molecule has 2 nitrogen and oxygen atoms in total. The molecule has 0 aromatic carbocycles. The highest BCUT2D eigenvalue weighted by Gasteiger charge is 2.52. The van der Waals surface area contributed by atoms with Crippen LogP contribution in [0.4, 0.5) is 0 Å². The number of fused-ring (bicyclic) bond motifs is 2. The molecule has 0 aromatic heterocycles. The van der Waals surface area contributed by atoms with Crippen molar-refractivity contribution in [2.24, 2.45) is 17.3 Å². The van der Waals surface area contributed by atoms with Crippen molar-refractivity contribution in [2.75, 3.05) is 0 Å². The second-order valence-corrected chi connectivity index (χ2v) is 4.22. The number of nitrogens with zero attached hydrogens (tertiary/aromatic N) is 1. The van der Waals surface area contributed by atoms with Crippen molar-refractivity contribution in [3.8, 4) is 6.07 Å². The first-order valence-electron chi connectivity index (χ1n) is 4.79. The van der Waals surface area contributed by atoms with Crippen LogP contribution in [-0.4, -0.2) is 5.78 Å². The number of allylic oxidation sites excluding steroid dienone is 1. The summed E-state index contributed by atoms with van der Waals surface area (Å²) >= 11 is 0. The molecule has 0 heterocycles. The van der Waals surface area contributed by atoms with Gasteiger partial charge in [0.1, 0.15) is 5.41 Å². The van der Waals surface area contributed by atoms with Gasteiger partial charge in [0.2, 0.25) is 0 Å². The molecule has 0 unspecified atom stereocenters. The van der Waals surface area contributed by atoms with E-state index in [9.17, 15) is 4.79 Å². The van der Waals surface area contributed by atoms with E-state index in [4.69, 9.17) is 5.26 Å². The van der Waals surface area contributed by atoms with E-state index in [2.05, 4.69) is 12.6 Å². The van der Waals surface area contributed by atoms with Crippen LogP contribution < -0.4 is 0 Å². The van der Waals surface area contributed by atoms with Gasteiger partial charge in [-0.15, -0.1) is 6.58 Å². The molecule has 0 aromatic rings. The monoisotopic (exact) mass is 175 g/mol. The normalized spacial score (nSPS) is 42.8. The quantitative estimate of drug-likeness (QED) is 0.572. The minimum atomic E-state index is -0.637. The molecule has 2 fully saturated rings. The lowest BCUT2D eigenvalue weighted by Gasteiger charge is -2.24. The predicted octanol–water partition coefficient (Wildman–Crippen LogP) is 2.07. The van der Waals surface area contributed by atoms with Crippen molar-refractivity contribution in [1.29, 1.82) is 5.26 Å². The summed E-state index contributed by atoms with van der Waals surface area (Å²) in [6, 6.07) is 2.23. The third kappa shape index (κ3) is 1.03. The fourth-order valence-corrected chi connectivity index (χ4v) is 2.78. The van der Waals surface area contributed by atoms with Gasteiger partial charge in [-0.25, -0.2) is 0 Å². The number of hydrogen-bond acceptors (Lipinski definition) is 2. The molecule has 2 rings (SSSR count). The van der Waals surface area contributed by atoms with Crippen LogP contribution >= 0.6 is 0 Å². The smallest absolute Gasteiger partial charge is 0.153 e. The van der Waals surface area contributed by atoms with Gasteiger partial charge in [0.25, 0.3) is 0 Å². The van der Waals surface area contributed by atoms with E-state index in [0.29, 0.717) is 18.3 Å². The van der Waals surface area contributed by atoms with Gasteiger partial charge in [0, 0.05) is 6.42 Å². The van der Waals surface area contributed by atoms with E-state index in [1.807, 2.05) is 6.08 Å². The highest BCUT2D eigenvalue weighted by Crippen LogP contribution is 2.52. The van der Waals surface area contributed by atoms with Gasteiger partial charge in [-0.05, 0) is 31.1 Å². The zero-order chi connectivity index (χ0) is 9.47. The molecule has 3 atom stereocenters. The summed E-state index contributed by atoms with van der Waals surface area (Å²) in [6.45, 7) is 3.77. The third-order valence-corrected chi connectivity index (χ3v) is 3.59. The van der Waals surface area contributed by atoms with E-state index in [1.54, 1.807) is 0 Å². The lowest BCUT2D eigenvalue weighted by molar-refractivity contribution is -0.127. The summed E-state index contributed by atoms with van der Waals surface area (Å²) in [4.78, 5) is 11.6. The van der Waals surface area contributed by atoms with Crippen LogP contribution in [0.3, 0.4) is 0 Å². The maximum atomic E-state index is 11.6. The van der Waals surface area contributed by atoms with Gasteiger partial charge in [0.05, 0.1) is 6.07 Å². The molecule has 0 radical (unpaired) electrons. The number of rotatable bonds is 1. The van der Waals surface area contributed by atoms with Crippen molar-refractivity contribution in [1.82, 2.24) is 0 Å². The number of carbonyl (C=O) groups is 1. The van der Waals surface area contributed by atoms with Crippen LogP contribution in [0.15, 0.2) is 12.7 Å². The second-order valence-electron chi connectivity index (χ2n) is 4.22. The highest BCUT2D eigenvalue weighted by atomic mass is 16.1. The Bertz CT molecular complexity index is 302. The number of Topliss-reactive ketones (excluding diaryl/α,β-unsaturated/α-hetero) is 1. The fourth-order valence-electron chi connectivity index (χ4n) is 2.78. The van der Waals surface area contributed by atoms with Gasteiger partial charge >= 0.3 is 0 Å². The average Bonchev–Trinajstić information content (AvgIpc) is 2.48. The molecule has 68 valence electrons. The van der Waals surface area contributed by atoms with Crippen molar-refractivity contribution in [3.05, 3.63) is 12.7 Å². The highest BCUT2D eigenvalue weighted by molar-refractivity contribution is 5.88. The maximum absolute atomic E-state index is 11.6. The van der Waals surface area contributed by atoms with Gasteiger partial charge in [-0.1, -0.05) is 6.08 Å². The van der Waals surface area contributed by atoms with E-state index in [0.717, 1.165) is 19.3 Å². The molecular weight excluding hydrogens is 162 g/mol. The minimum absolute atomic E-state index is 0.163. The molecule has 0 N–H and O–H groups in total. The van der Waals surface area contributed by atoms with Crippen LogP contribution in [0.5, 0.6) is 0 Å². The Balaban J connectivity index is 2.33. The van der Waals surface area contributed by atoms with Gasteiger partial charge in [-0.2, -0.15) is 5.26 Å². The number of hydrogen-bond donors (Lipinski definition) is 0. The SMILES string of the molecule is C=C[C@@H]1C[C@@]2(C#N)C[C@@H]1CCC2=O. The molecule has 2 aliphatic carbocycles. The zero-order valence-corrected chi connectivity index (χ0v) is 7.62. The second kappa shape index (κ2) is 2.70. The number of ketones is 1. The molecule has 0 amide bonds. The molecule has 0 aliphatic heterocycles. The first kappa shape index (κ1) is 8.50.